The molecular formula is C36H47N5O7. The van der Waals surface area contributed by atoms with Crippen LogP contribution in [-0.4, -0.2) is 88.6 Å². The lowest BCUT2D eigenvalue weighted by atomic mass is 9.83. The minimum Gasteiger partial charge on any atom is -0.390 e. The number of hydrogen-bond acceptors (Lipinski definition) is 8. The average Bonchev–Trinajstić information content (AvgIpc) is 3.66. The Hall–Kier alpha value is -4.52. The van der Waals surface area contributed by atoms with Crippen molar-refractivity contribution < 1.29 is 34.2 Å². The van der Waals surface area contributed by atoms with Crippen LogP contribution >= 0.6 is 0 Å². The van der Waals surface area contributed by atoms with Crippen molar-refractivity contribution in [1.82, 2.24) is 20.6 Å². The molecule has 48 heavy (non-hydrogen) atoms. The molecule has 0 aliphatic carbocycles. The van der Waals surface area contributed by atoms with Crippen LogP contribution in [0.25, 0.3) is 21.8 Å². The summed E-state index contributed by atoms with van der Waals surface area (Å²) in [6.07, 6.45) is 0.650. The first-order valence-electron chi connectivity index (χ1n) is 16.1. The van der Waals surface area contributed by atoms with Gasteiger partial charge in [0.25, 0.3) is 0 Å². The number of aromatic amines is 2. The Kier molecular flexibility index (Phi) is 12.1. The molecular weight excluding hydrogens is 614 g/mol. The van der Waals surface area contributed by atoms with Crippen LogP contribution in [0.4, 0.5) is 0 Å². The number of benzene rings is 2. The van der Waals surface area contributed by atoms with Crippen LogP contribution in [0.2, 0.25) is 0 Å². The average molecular weight is 662 g/mol. The third-order valence-electron chi connectivity index (χ3n) is 8.41. The lowest BCUT2D eigenvalue weighted by Crippen LogP contribution is -2.49. The number of aliphatic hydroxyl groups excluding tert-OH is 2. The fourth-order valence-corrected chi connectivity index (χ4v) is 5.95. The van der Waals surface area contributed by atoms with E-state index in [1.54, 1.807) is 0 Å². The van der Waals surface area contributed by atoms with Crippen molar-refractivity contribution in [1.29, 1.82) is 0 Å². The molecule has 0 bridgehead atoms. The number of nitrogens with one attached hydrogen (secondary N) is 4. The predicted molar refractivity (Wildman–Crippen MR) is 184 cm³/mol. The number of H-pyrrole nitrogens is 2. The number of aliphatic hydroxyl groups is 2. The summed E-state index contributed by atoms with van der Waals surface area (Å²) in [5.41, 5.74) is 3.08. The molecule has 0 saturated heterocycles. The Morgan fingerprint density at radius 1 is 0.896 bits per heavy atom. The Bertz CT molecular complexity index is 1730. The van der Waals surface area contributed by atoms with Crippen LogP contribution in [0.3, 0.4) is 0 Å². The number of para-hydroxylation sites is 2. The second-order valence-electron chi connectivity index (χ2n) is 13.2. The first kappa shape index (κ1) is 36.3. The predicted octanol–water partition coefficient (Wildman–Crippen LogP) is 3.42. The van der Waals surface area contributed by atoms with Gasteiger partial charge in [-0.1, -0.05) is 62.3 Å². The van der Waals surface area contributed by atoms with Crippen molar-refractivity contribution in [3.05, 3.63) is 72.1 Å². The van der Waals surface area contributed by atoms with Crippen LogP contribution in [0.15, 0.2) is 66.1 Å². The molecule has 0 saturated carbocycles. The zero-order valence-corrected chi connectivity index (χ0v) is 28.4. The number of hydrogen-bond donors (Lipinski definition) is 6. The maximum absolute atomic E-state index is 13.9. The van der Waals surface area contributed by atoms with Gasteiger partial charge in [0.05, 0.1) is 6.10 Å². The number of oxime groups is 1. The molecule has 5 atom stereocenters. The van der Waals surface area contributed by atoms with E-state index in [1.165, 1.54) is 21.1 Å². The van der Waals surface area contributed by atoms with Crippen LogP contribution in [-0.2, 0) is 36.8 Å². The largest absolute Gasteiger partial charge is 0.390 e. The van der Waals surface area contributed by atoms with Gasteiger partial charge in [-0.2, -0.15) is 0 Å². The highest BCUT2D eigenvalue weighted by molar-refractivity contribution is 5.94. The molecule has 2 aromatic heterocycles. The standard InChI is InChI=1S/C36H47N5O7/c1-21(42)32(44)31(33(47-6)36(2,3)4)41-48-20-25(43)16-22(15-23-18-38-28-13-9-7-11-26(23)28)34(45)40-30(35(46)37-5)17-24-19-39-29-14-10-8-12-27(24)29/h7-14,18-19,21-22,30,32-33,38-39,42,44H,15-17,20H2,1-6H3,(H,37,46)(H,40,45)/b41-31+/t21-,22-,30+,32+,33-/m1/s1. The Morgan fingerprint density at radius 3 is 1.98 bits per heavy atom. The summed E-state index contributed by atoms with van der Waals surface area (Å²) in [6, 6.07) is 14.5. The summed E-state index contributed by atoms with van der Waals surface area (Å²) >= 11 is 0. The number of ether oxygens (including phenoxy) is 1. The van der Waals surface area contributed by atoms with Crippen molar-refractivity contribution in [3.8, 4) is 0 Å². The monoisotopic (exact) mass is 661 g/mol. The molecule has 0 unspecified atom stereocenters. The lowest BCUT2D eigenvalue weighted by Gasteiger charge is -2.32. The molecule has 2 amide bonds. The van der Waals surface area contributed by atoms with Gasteiger partial charge in [-0.25, -0.2) is 0 Å². The molecule has 0 radical (unpaired) electrons. The quantitative estimate of drug-likeness (QED) is 0.0787. The third-order valence-corrected chi connectivity index (χ3v) is 8.41. The van der Waals surface area contributed by atoms with Gasteiger partial charge in [-0.3, -0.25) is 14.4 Å². The van der Waals surface area contributed by atoms with Gasteiger partial charge < -0.3 is 40.4 Å². The molecule has 4 rings (SSSR count). The molecule has 12 heteroatoms. The molecule has 0 fully saturated rings. The number of fused-ring (bicyclic) bond motifs is 2. The molecule has 6 N–H and O–H groups in total. The number of likely N-dealkylation sites (N-methyl/N-ethyl adjacent to an activating group) is 1. The van der Waals surface area contributed by atoms with Crippen LogP contribution in [0, 0.1) is 11.3 Å². The van der Waals surface area contributed by atoms with Gasteiger partial charge in [-0.15, -0.1) is 0 Å². The number of carbonyl (C=O) groups is 3. The molecule has 12 nitrogen and oxygen atoms in total. The van der Waals surface area contributed by atoms with Crippen molar-refractivity contribution >= 4 is 45.1 Å². The van der Waals surface area contributed by atoms with Gasteiger partial charge in [0.1, 0.15) is 24.0 Å². The van der Waals surface area contributed by atoms with Crippen LogP contribution in [0.5, 0.6) is 0 Å². The number of ketones is 1. The van der Waals surface area contributed by atoms with Gasteiger partial charge in [0.15, 0.2) is 12.4 Å². The summed E-state index contributed by atoms with van der Waals surface area (Å²) in [7, 11) is 2.97. The van der Waals surface area contributed by atoms with Crippen molar-refractivity contribution in [2.75, 3.05) is 20.8 Å². The SMILES string of the molecule is CNC(=O)[C@H](Cc1c[nH]c2ccccc12)NC(=O)[C@@H](CC(=O)CO/N=C(\[C@@H](O)[C@@H](C)O)[C@@H](OC)C(C)(C)C)Cc1c[nH]c2ccccc12. The highest BCUT2D eigenvalue weighted by atomic mass is 16.6. The van der Waals surface area contributed by atoms with Crippen molar-refractivity contribution in [2.24, 2.45) is 16.5 Å². The van der Waals surface area contributed by atoms with E-state index in [1.807, 2.05) is 81.7 Å². The minimum absolute atomic E-state index is 0.0478. The van der Waals surface area contributed by atoms with E-state index in [9.17, 15) is 24.6 Å². The maximum atomic E-state index is 13.9. The molecule has 0 aliphatic rings. The van der Waals surface area contributed by atoms with E-state index >= 15 is 0 Å². The van der Waals surface area contributed by atoms with E-state index in [4.69, 9.17) is 9.57 Å². The Balaban J connectivity index is 1.56. The highest BCUT2D eigenvalue weighted by Gasteiger charge is 2.36. The summed E-state index contributed by atoms with van der Waals surface area (Å²) in [5, 5.41) is 32.2. The second kappa shape index (κ2) is 16.1. The van der Waals surface area contributed by atoms with Gasteiger partial charge in [0.2, 0.25) is 11.8 Å². The number of nitrogens with zero attached hydrogens (tertiary/aromatic N) is 1. The number of amides is 2. The molecule has 0 spiro atoms. The second-order valence-corrected chi connectivity index (χ2v) is 13.2. The van der Waals surface area contributed by atoms with Crippen LogP contribution in [0.1, 0.15) is 45.2 Å². The third kappa shape index (κ3) is 8.88. The Morgan fingerprint density at radius 2 is 1.46 bits per heavy atom. The zero-order chi connectivity index (χ0) is 35.0. The zero-order valence-electron chi connectivity index (χ0n) is 28.4. The fraction of sp³-hybridized carbons (Fsp3) is 0.444. The highest BCUT2D eigenvalue weighted by Crippen LogP contribution is 2.26. The number of rotatable bonds is 16. The number of carbonyl (C=O) groups excluding carboxylic acids is 3. The lowest BCUT2D eigenvalue weighted by molar-refractivity contribution is -0.133. The summed E-state index contributed by atoms with van der Waals surface area (Å²) in [4.78, 5) is 52.1. The molecule has 2 aromatic carbocycles. The normalized spacial score (nSPS) is 15.5. The molecule has 258 valence electrons. The Labute approximate surface area is 280 Å². The van der Waals surface area contributed by atoms with E-state index in [-0.39, 0.29) is 30.9 Å². The van der Waals surface area contributed by atoms with E-state index < -0.39 is 54.0 Å². The fourth-order valence-electron chi connectivity index (χ4n) is 5.95. The maximum Gasteiger partial charge on any atom is 0.242 e. The molecule has 4 aromatic rings. The number of methoxy groups -OCH3 is 1. The topological polar surface area (TPSA) is 178 Å². The van der Waals surface area contributed by atoms with Gasteiger partial charge in [-0.05, 0) is 42.0 Å². The summed E-state index contributed by atoms with van der Waals surface area (Å²) in [6.45, 7) is 6.58. The van der Waals surface area contributed by atoms with Gasteiger partial charge in [0, 0.05) is 67.1 Å². The minimum atomic E-state index is -1.39. The summed E-state index contributed by atoms with van der Waals surface area (Å²) in [5.74, 6) is -2.08. The van der Waals surface area contributed by atoms with E-state index in [0.717, 1.165) is 32.9 Å². The first-order valence-corrected chi connectivity index (χ1v) is 16.1. The van der Waals surface area contributed by atoms with E-state index in [2.05, 4.69) is 25.8 Å². The number of aromatic nitrogens is 2. The van der Waals surface area contributed by atoms with Crippen molar-refractivity contribution in [2.45, 2.75) is 71.3 Å². The van der Waals surface area contributed by atoms with Gasteiger partial charge >= 0.3 is 0 Å². The smallest absolute Gasteiger partial charge is 0.242 e. The van der Waals surface area contributed by atoms with Crippen LogP contribution < -0.4 is 10.6 Å². The summed E-state index contributed by atoms with van der Waals surface area (Å²) < 4.78 is 5.56. The number of Topliss-reactive ketones (excluding diaryl/α,β-unsaturated/α-hetero) is 1. The molecule has 0 aliphatic heterocycles. The van der Waals surface area contributed by atoms with Crippen molar-refractivity contribution in [3.63, 3.8) is 0 Å². The van der Waals surface area contributed by atoms with E-state index in [0.29, 0.717) is 0 Å². The first-order chi connectivity index (χ1) is 22.8. The molecule has 2 heterocycles.